The second-order valence-electron chi connectivity index (χ2n) is 8.35. The summed E-state index contributed by atoms with van der Waals surface area (Å²) in [6.45, 7) is 10.8. The summed E-state index contributed by atoms with van der Waals surface area (Å²) in [4.78, 5) is 13.7. The van der Waals surface area contributed by atoms with Gasteiger partial charge in [0.05, 0.1) is 5.56 Å². The molecule has 1 aliphatic rings. The van der Waals surface area contributed by atoms with Crippen LogP contribution in [-0.4, -0.2) is 11.1 Å². The molecule has 0 saturated heterocycles. The molecule has 1 atom stereocenters. The Kier molecular flexibility index (Phi) is 4.94. The maximum Gasteiger partial charge on any atom is 0.278 e. The summed E-state index contributed by atoms with van der Waals surface area (Å²) in [5.74, 6) is 1.10. The smallest absolute Gasteiger partial charge is 0.278 e. The van der Waals surface area contributed by atoms with E-state index < -0.39 is 0 Å². The lowest BCUT2D eigenvalue weighted by atomic mass is 9.72. The highest BCUT2D eigenvalue weighted by Crippen LogP contribution is 2.44. The first kappa shape index (κ1) is 18.7. The topological polar surface area (TPSA) is 78.9 Å². The second kappa shape index (κ2) is 6.88. The fraction of sp³-hybridized carbons (Fsp3) is 0.550. The van der Waals surface area contributed by atoms with Crippen LogP contribution in [0.25, 0.3) is 0 Å². The number of fused-ring (bicyclic) bond motifs is 1. The Morgan fingerprint density at radius 3 is 2.77 bits per heavy atom. The fourth-order valence-electron chi connectivity index (χ4n) is 3.37. The van der Waals surface area contributed by atoms with Crippen molar-refractivity contribution in [1.82, 2.24) is 5.16 Å². The Morgan fingerprint density at radius 2 is 2.19 bits per heavy atom. The molecule has 138 valence electrons. The van der Waals surface area contributed by atoms with Crippen LogP contribution in [0.5, 0.6) is 0 Å². The van der Waals surface area contributed by atoms with E-state index in [9.17, 15) is 10.1 Å². The summed E-state index contributed by atoms with van der Waals surface area (Å²) in [5, 5.41) is 17.0. The van der Waals surface area contributed by atoms with E-state index in [1.54, 1.807) is 6.07 Å². The molecular weight excluding hydrogens is 346 g/mol. The van der Waals surface area contributed by atoms with Gasteiger partial charge in [0.2, 0.25) is 0 Å². The van der Waals surface area contributed by atoms with E-state index in [1.807, 2.05) is 13.8 Å². The van der Waals surface area contributed by atoms with Crippen LogP contribution >= 0.6 is 11.3 Å². The standard InChI is InChI=1S/C20H25N3O2S/c1-11(2)16-9-15(23-25-16)18(24)22-19-14(10-21)13-7-6-12(20(3,4)5)8-17(13)26-19/h9,11-12H,6-8H2,1-5H3,(H,22,24). The van der Waals surface area contributed by atoms with Crippen molar-refractivity contribution >= 4 is 22.2 Å². The van der Waals surface area contributed by atoms with Gasteiger partial charge in [-0.1, -0.05) is 39.8 Å². The molecule has 0 saturated carbocycles. The van der Waals surface area contributed by atoms with Gasteiger partial charge in [0.1, 0.15) is 16.8 Å². The van der Waals surface area contributed by atoms with Crippen molar-refractivity contribution in [2.45, 2.75) is 59.8 Å². The summed E-state index contributed by atoms with van der Waals surface area (Å²) in [7, 11) is 0. The van der Waals surface area contributed by atoms with Gasteiger partial charge in [-0.05, 0) is 36.2 Å². The number of hydrogen-bond donors (Lipinski definition) is 1. The number of nitrogens with zero attached hydrogens (tertiary/aromatic N) is 2. The van der Waals surface area contributed by atoms with Crippen LogP contribution in [0.15, 0.2) is 10.6 Å². The number of thiophene rings is 1. The van der Waals surface area contributed by atoms with Gasteiger partial charge in [-0.3, -0.25) is 4.79 Å². The van der Waals surface area contributed by atoms with Gasteiger partial charge in [0.25, 0.3) is 5.91 Å². The number of amides is 1. The molecule has 2 aromatic heterocycles. The van der Waals surface area contributed by atoms with Gasteiger partial charge < -0.3 is 9.84 Å². The average Bonchev–Trinajstić information content (AvgIpc) is 3.17. The van der Waals surface area contributed by atoms with Gasteiger partial charge in [0, 0.05) is 16.9 Å². The van der Waals surface area contributed by atoms with E-state index in [2.05, 4.69) is 37.3 Å². The van der Waals surface area contributed by atoms with Crippen LogP contribution in [0, 0.1) is 22.7 Å². The van der Waals surface area contributed by atoms with Crippen molar-refractivity contribution in [3.8, 4) is 6.07 Å². The van der Waals surface area contributed by atoms with Gasteiger partial charge >= 0.3 is 0 Å². The van der Waals surface area contributed by atoms with E-state index in [1.165, 1.54) is 16.2 Å². The molecule has 2 heterocycles. The number of anilines is 1. The first-order valence-corrected chi connectivity index (χ1v) is 9.85. The Bertz CT molecular complexity index is 865. The van der Waals surface area contributed by atoms with E-state index in [-0.39, 0.29) is 22.9 Å². The first-order chi connectivity index (χ1) is 12.2. The molecule has 0 aliphatic heterocycles. The lowest BCUT2D eigenvalue weighted by Crippen LogP contribution is -2.26. The van der Waals surface area contributed by atoms with E-state index >= 15 is 0 Å². The third-order valence-electron chi connectivity index (χ3n) is 5.16. The zero-order valence-corrected chi connectivity index (χ0v) is 16.8. The minimum absolute atomic E-state index is 0.169. The Hall–Kier alpha value is -2.13. The third kappa shape index (κ3) is 3.54. The Morgan fingerprint density at radius 1 is 1.46 bits per heavy atom. The third-order valence-corrected chi connectivity index (χ3v) is 6.33. The number of nitriles is 1. The summed E-state index contributed by atoms with van der Waals surface area (Å²) >= 11 is 1.53. The van der Waals surface area contributed by atoms with Crippen LogP contribution in [0.1, 0.15) is 79.2 Å². The van der Waals surface area contributed by atoms with Crippen LogP contribution < -0.4 is 5.32 Å². The average molecular weight is 372 g/mol. The summed E-state index contributed by atoms with van der Waals surface area (Å²) in [6.07, 6.45) is 2.94. The molecular formula is C20H25N3O2S. The van der Waals surface area contributed by atoms with Gasteiger partial charge in [0.15, 0.2) is 5.69 Å². The summed E-state index contributed by atoms with van der Waals surface area (Å²) in [5.41, 5.74) is 2.21. The summed E-state index contributed by atoms with van der Waals surface area (Å²) in [6, 6.07) is 3.95. The van der Waals surface area contributed by atoms with Gasteiger partial charge in [-0.15, -0.1) is 11.3 Å². The normalized spacial score (nSPS) is 17.0. The monoisotopic (exact) mass is 371 g/mol. The molecule has 5 nitrogen and oxygen atoms in total. The quantitative estimate of drug-likeness (QED) is 0.811. The SMILES string of the molecule is CC(C)c1cc(C(=O)Nc2sc3c(c2C#N)CCC(C(C)(C)C)C3)no1. The lowest BCUT2D eigenvalue weighted by Gasteiger charge is -2.33. The van der Waals surface area contributed by atoms with Gasteiger partial charge in [-0.2, -0.15) is 5.26 Å². The highest BCUT2D eigenvalue weighted by Gasteiger charge is 2.32. The molecule has 1 unspecified atom stereocenters. The van der Waals surface area contributed by atoms with Crippen LogP contribution in [0.2, 0.25) is 0 Å². The van der Waals surface area contributed by atoms with Crippen LogP contribution in [0.4, 0.5) is 5.00 Å². The minimum Gasteiger partial charge on any atom is -0.360 e. The minimum atomic E-state index is -0.330. The molecule has 26 heavy (non-hydrogen) atoms. The molecule has 0 aromatic carbocycles. The molecule has 3 rings (SSSR count). The molecule has 2 aromatic rings. The predicted octanol–water partition coefficient (Wildman–Crippen LogP) is 5.13. The molecule has 1 amide bonds. The van der Waals surface area contributed by atoms with Crippen molar-refractivity contribution in [2.24, 2.45) is 11.3 Å². The fourth-order valence-corrected chi connectivity index (χ4v) is 4.64. The Balaban J connectivity index is 1.84. The number of aromatic nitrogens is 1. The highest BCUT2D eigenvalue weighted by atomic mass is 32.1. The Labute approximate surface area is 158 Å². The molecule has 0 radical (unpaired) electrons. The van der Waals surface area contributed by atoms with E-state index in [4.69, 9.17) is 4.52 Å². The number of carbonyl (C=O) groups is 1. The largest absolute Gasteiger partial charge is 0.360 e. The van der Waals surface area contributed by atoms with Crippen molar-refractivity contribution in [2.75, 3.05) is 5.32 Å². The molecule has 0 bridgehead atoms. The highest BCUT2D eigenvalue weighted by molar-refractivity contribution is 7.16. The molecule has 0 fully saturated rings. The molecule has 0 spiro atoms. The van der Waals surface area contributed by atoms with Crippen LogP contribution in [0.3, 0.4) is 0 Å². The predicted molar refractivity (Wildman–Crippen MR) is 103 cm³/mol. The first-order valence-electron chi connectivity index (χ1n) is 9.03. The summed E-state index contributed by atoms with van der Waals surface area (Å²) < 4.78 is 5.20. The zero-order chi connectivity index (χ0) is 19.1. The second-order valence-corrected chi connectivity index (χ2v) is 9.45. The maximum absolute atomic E-state index is 12.5. The molecule has 1 N–H and O–H groups in total. The van der Waals surface area contributed by atoms with E-state index in [0.29, 0.717) is 22.2 Å². The number of carbonyl (C=O) groups excluding carboxylic acids is 1. The number of rotatable bonds is 3. The van der Waals surface area contributed by atoms with Crippen molar-refractivity contribution in [3.63, 3.8) is 0 Å². The lowest BCUT2D eigenvalue weighted by molar-refractivity contribution is 0.101. The van der Waals surface area contributed by atoms with Crippen LogP contribution in [-0.2, 0) is 12.8 Å². The molecule has 6 heteroatoms. The zero-order valence-electron chi connectivity index (χ0n) is 16.0. The van der Waals surface area contributed by atoms with Crippen molar-refractivity contribution < 1.29 is 9.32 Å². The number of nitrogens with one attached hydrogen (secondary N) is 1. The van der Waals surface area contributed by atoms with Gasteiger partial charge in [-0.25, -0.2) is 0 Å². The van der Waals surface area contributed by atoms with Crippen molar-refractivity contribution in [3.05, 3.63) is 33.5 Å². The molecule has 1 aliphatic carbocycles. The van der Waals surface area contributed by atoms with E-state index in [0.717, 1.165) is 24.8 Å². The number of hydrogen-bond acceptors (Lipinski definition) is 5. The van der Waals surface area contributed by atoms with Crippen molar-refractivity contribution in [1.29, 1.82) is 5.26 Å². The maximum atomic E-state index is 12.5.